The molecule has 1 aromatic rings. The van der Waals surface area contributed by atoms with Crippen LogP contribution in [0.25, 0.3) is 0 Å². The molecule has 2 nitrogen and oxygen atoms in total. The van der Waals surface area contributed by atoms with Gasteiger partial charge in [-0.05, 0) is 30.5 Å². The van der Waals surface area contributed by atoms with Crippen molar-refractivity contribution < 1.29 is 18.0 Å². The molecule has 0 aliphatic heterocycles. The zero-order chi connectivity index (χ0) is 16.2. The van der Waals surface area contributed by atoms with Crippen LogP contribution in [0.4, 0.5) is 13.2 Å². The molecule has 1 amide bonds. The number of carbonyl (C=O) groups is 1. The fourth-order valence-electron chi connectivity index (χ4n) is 1.83. The number of alkyl halides is 4. The largest absolute Gasteiger partial charge is 0.417 e. The Bertz CT molecular complexity index is 505. The molecule has 7 heteroatoms. The van der Waals surface area contributed by atoms with Gasteiger partial charge in [0.1, 0.15) is 0 Å². The summed E-state index contributed by atoms with van der Waals surface area (Å²) in [6, 6.07) is 3.25. The molecule has 1 N–H and O–H groups in total. The van der Waals surface area contributed by atoms with Crippen LogP contribution in [0.2, 0.25) is 0 Å². The zero-order valence-corrected chi connectivity index (χ0v) is 13.9. The molecule has 0 saturated heterocycles. The summed E-state index contributed by atoms with van der Waals surface area (Å²) in [5.74, 6) is -0.0147. The second-order valence-corrected chi connectivity index (χ2v) is 6.23. The highest BCUT2D eigenvalue weighted by molar-refractivity contribution is 9.10. The first-order chi connectivity index (χ1) is 9.66. The Balaban J connectivity index is 2.98. The van der Waals surface area contributed by atoms with Gasteiger partial charge in [-0.2, -0.15) is 13.2 Å². The Kier molecular flexibility index (Phi) is 6.53. The minimum Gasteiger partial charge on any atom is -0.349 e. The predicted octanol–water partition coefficient (Wildman–Crippen LogP) is 4.85. The number of hydrogen-bond acceptors (Lipinski definition) is 1. The quantitative estimate of drug-likeness (QED) is 0.720. The number of nitrogens with one attached hydrogen (secondary N) is 1. The summed E-state index contributed by atoms with van der Waals surface area (Å²) in [6.07, 6.45) is -3.95. The van der Waals surface area contributed by atoms with E-state index in [4.69, 9.17) is 11.6 Å². The molecular weight excluding hydrogens is 371 g/mol. The summed E-state index contributed by atoms with van der Waals surface area (Å²) >= 11 is 8.51. The molecule has 0 fully saturated rings. The minimum atomic E-state index is -4.51. The average molecular weight is 387 g/mol. The van der Waals surface area contributed by atoms with E-state index in [2.05, 4.69) is 21.2 Å². The van der Waals surface area contributed by atoms with Gasteiger partial charge < -0.3 is 5.32 Å². The number of rotatable bonds is 5. The van der Waals surface area contributed by atoms with Crippen LogP contribution < -0.4 is 5.32 Å². The van der Waals surface area contributed by atoms with E-state index in [-0.39, 0.29) is 22.0 Å². The van der Waals surface area contributed by atoms with Crippen LogP contribution >= 0.6 is 27.5 Å². The van der Waals surface area contributed by atoms with Crippen molar-refractivity contribution in [3.63, 3.8) is 0 Å². The summed E-state index contributed by atoms with van der Waals surface area (Å²) in [4.78, 5) is 12.1. The lowest BCUT2D eigenvalue weighted by Gasteiger charge is -2.21. The predicted molar refractivity (Wildman–Crippen MR) is 80.6 cm³/mol. The monoisotopic (exact) mass is 385 g/mol. The summed E-state index contributed by atoms with van der Waals surface area (Å²) < 4.78 is 38.4. The number of benzene rings is 1. The standard InChI is InChI=1S/C14H16BrClF3NO/c1-8(2)12(5-6-16)20-13(21)9-3-4-11(15)10(7-9)14(17,18)19/h3-4,7-8,12H,5-6H2,1-2H3,(H,20,21). The fraction of sp³-hybridized carbons (Fsp3) is 0.500. The molecule has 1 rings (SSSR count). The molecule has 0 bridgehead atoms. The molecule has 21 heavy (non-hydrogen) atoms. The van der Waals surface area contributed by atoms with Gasteiger partial charge in [-0.1, -0.05) is 29.8 Å². The first-order valence-corrected chi connectivity index (χ1v) is 7.73. The normalized spacial score (nSPS) is 13.3. The summed E-state index contributed by atoms with van der Waals surface area (Å²) in [5.41, 5.74) is -0.890. The van der Waals surface area contributed by atoms with Gasteiger partial charge in [0.2, 0.25) is 0 Å². The SMILES string of the molecule is CC(C)C(CCCl)NC(=O)c1ccc(Br)c(C(F)(F)F)c1. The topological polar surface area (TPSA) is 29.1 Å². The maximum atomic E-state index is 12.8. The van der Waals surface area contributed by atoms with Gasteiger partial charge in [0, 0.05) is 22.0 Å². The molecule has 0 radical (unpaired) electrons. The van der Waals surface area contributed by atoms with E-state index in [9.17, 15) is 18.0 Å². The molecular formula is C14H16BrClF3NO. The third-order valence-corrected chi connectivity index (χ3v) is 3.99. The third kappa shape index (κ3) is 5.18. The first-order valence-electron chi connectivity index (χ1n) is 6.40. The van der Waals surface area contributed by atoms with Gasteiger partial charge in [-0.15, -0.1) is 11.6 Å². The Labute approximate surface area is 135 Å². The molecule has 0 spiro atoms. The van der Waals surface area contributed by atoms with Gasteiger partial charge in [0.25, 0.3) is 5.91 Å². The molecule has 0 aliphatic rings. The van der Waals surface area contributed by atoms with E-state index in [0.29, 0.717) is 12.3 Å². The Morgan fingerprint density at radius 2 is 2.00 bits per heavy atom. The van der Waals surface area contributed by atoms with Crippen LogP contribution in [0.1, 0.15) is 36.2 Å². The van der Waals surface area contributed by atoms with Crippen molar-refractivity contribution >= 4 is 33.4 Å². The van der Waals surface area contributed by atoms with Crippen molar-refractivity contribution in [3.8, 4) is 0 Å². The summed E-state index contributed by atoms with van der Waals surface area (Å²) in [6.45, 7) is 3.83. The van der Waals surface area contributed by atoms with Crippen LogP contribution in [-0.4, -0.2) is 17.8 Å². The number of carbonyl (C=O) groups excluding carboxylic acids is 1. The zero-order valence-electron chi connectivity index (χ0n) is 11.6. The molecule has 1 unspecified atom stereocenters. The van der Waals surface area contributed by atoms with Gasteiger partial charge in [-0.3, -0.25) is 4.79 Å². The average Bonchev–Trinajstić information content (AvgIpc) is 2.37. The van der Waals surface area contributed by atoms with E-state index in [1.54, 1.807) is 0 Å². The molecule has 0 aliphatic carbocycles. The fourth-order valence-corrected chi connectivity index (χ4v) is 2.53. The van der Waals surface area contributed by atoms with E-state index >= 15 is 0 Å². The van der Waals surface area contributed by atoms with Gasteiger partial charge in [0.05, 0.1) is 5.56 Å². The lowest BCUT2D eigenvalue weighted by molar-refractivity contribution is -0.138. The van der Waals surface area contributed by atoms with Crippen LogP contribution in [0.15, 0.2) is 22.7 Å². The molecule has 0 saturated carbocycles. The number of hydrogen-bond donors (Lipinski definition) is 1. The van der Waals surface area contributed by atoms with E-state index < -0.39 is 17.6 Å². The first kappa shape index (κ1) is 18.3. The minimum absolute atomic E-state index is 0.0225. The third-order valence-electron chi connectivity index (χ3n) is 3.08. The van der Waals surface area contributed by atoms with E-state index in [0.717, 1.165) is 6.07 Å². The highest BCUT2D eigenvalue weighted by Crippen LogP contribution is 2.35. The maximum Gasteiger partial charge on any atom is 0.417 e. The number of amides is 1. The Morgan fingerprint density at radius 3 is 2.48 bits per heavy atom. The lowest BCUT2D eigenvalue weighted by atomic mass is 10.0. The molecule has 0 aromatic heterocycles. The van der Waals surface area contributed by atoms with Crippen LogP contribution in [0.5, 0.6) is 0 Å². The number of halogens is 5. The van der Waals surface area contributed by atoms with Gasteiger partial charge >= 0.3 is 6.18 Å². The highest BCUT2D eigenvalue weighted by atomic mass is 79.9. The van der Waals surface area contributed by atoms with E-state index in [1.807, 2.05) is 13.8 Å². The van der Waals surface area contributed by atoms with Crippen molar-refractivity contribution in [2.75, 3.05) is 5.88 Å². The maximum absolute atomic E-state index is 12.8. The Hall–Kier alpha value is -0.750. The molecule has 0 heterocycles. The van der Waals surface area contributed by atoms with Gasteiger partial charge in [0.15, 0.2) is 0 Å². The van der Waals surface area contributed by atoms with Crippen molar-refractivity contribution in [1.29, 1.82) is 0 Å². The van der Waals surface area contributed by atoms with Crippen molar-refractivity contribution in [3.05, 3.63) is 33.8 Å². The smallest absolute Gasteiger partial charge is 0.349 e. The second-order valence-electron chi connectivity index (χ2n) is 4.99. The van der Waals surface area contributed by atoms with Crippen LogP contribution in [-0.2, 0) is 6.18 Å². The molecule has 1 aromatic carbocycles. The second kappa shape index (κ2) is 7.49. The molecule has 118 valence electrons. The van der Waals surface area contributed by atoms with Crippen molar-refractivity contribution in [1.82, 2.24) is 5.32 Å². The summed E-state index contributed by atoms with van der Waals surface area (Å²) in [5, 5.41) is 2.73. The highest BCUT2D eigenvalue weighted by Gasteiger charge is 2.33. The summed E-state index contributed by atoms with van der Waals surface area (Å²) in [7, 11) is 0. The molecule has 1 atom stereocenters. The van der Waals surface area contributed by atoms with Crippen LogP contribution in [0.3, 0.4) is 0 Å². The van der Waals surface area contributed by atoms with Gasteiger partial charge in [-0.25, -0.2) is 0 Å². The van der Waals surface area contributed by atoms with Crippen molar-refractivity contribution in [2.24, 2.45) is 5.92 Å². The van der Waals surface area contributed by atoms with Crippen molar-refractivity contribution in [2.45, 2.75) is 32.5 Å². The van der Waals surface area contributed by atoms with Crippen LogP contribution in [0, 0.1) is 5.92 Å². The Morgan fingerprint density at radius 1 is 1.38 bits per heavy atom. The lowest BCUT2D eigenvalue weighted by Crippen LogP contribution is -2.39. The van der Waals surface area contributed by atoms with E-state index in [1.165, 1.54) is 12.1 Å².